The molecule has 0 aliphatic carbocycles. The highest BCUT2D eigenvalue weighted by atomic mass is 16.2. The molecule has 0 radical (unpaired) electrons. The van der Waals surface area contributed by atoms with Gasteiger partial charge in [-0.05, 0) is 12.8 Å². The fourth-order valence-corrected chi connectivity index (χ4v) is 1.85. The van der Waals surface area contributed by atoms with Crippen LogP contribution in [0.15, 0.2) is 12.3 Å². The highest BCUT2D eigenvalue weighted by Gasteiger charge is 2.25. The lowest BCUT2D eigenvalue weighted by Crippen LogP contribution is -2.43. The van der Waals surface area contributed by atoms with Crippen LogP contribution in [-0.4, -0.2) is 23.9 Å². The van der Waals surface area contributed by atoms with Crippen LogP contribution in [0.2, 0.25) is 0 Å². The molecule has 1 fully saturated rings. The van der Waals surface area contributed by atoms with E-state index in [1.54, 1.807) is 0 Å². The summed E-state index contributed by atoms with van der Waals surface area (Å²) in [5.74, 6) is 0.613. The molecule has 80 valence electrons. The van der Waals surface area contributed by atoms with Gasteiger partial charge in [0.2, 0.25) is 5.91 Å². The Kier molecular flexibility index (Phi) is 3.55. The van der Waals surface area contributed by atoms with E-state index in [2.05, 4.69) is 6.58 Å². The number of hydrogen-bond donors (Lipinski definition) is 1. The van der Waals surface area contributed by atoms with Crippen LogP contribution in [0.1, 0.15) is 26.7 Å². The topological polar surface area (TPSA) is 46.3 Å². The van der Waals surface area contributed by atoms with Crippen molar-refractivity contribution >= 4 is 5.91 Å². The molecule has 1 aliphatic rings. The Morgan fingerprint density at radius 1 is 1.57 bits per heavy atom. The van der Waals surface area contributed by atoms with Crippen LogP contribution in [-0.2, 0) is 4.79 Å². The Morgan fingerprint density at radius 2 is 2.21 bits per heavy atom. The van der Waals surface area contributed by atoms with Gasteiger partial charge in [-0.1, -0.05) is 20.4 Å². The Morgan fingerprint density at radius 3 is 2.71 bits per heavy atom. The molecule has 1 heterocycles. The van der Waals surface area contributed by atoms with Gasteiger partial charge in [-0.25, -0.2) is 0 Å². The molecule has 0 saturated carbocycles. The molecule has 0 aromatic heterocycles. The molecule has 0 aromatic rings. The van der Waals surface area contributed by atoms with Gasteiger partial charge in [-0.15, -0.1) is 0 Å². The molecule has 14 heavy (non-hydrogen) atoms. The molecule has 1 rings (SSSR count). The number of hydrogen-bond acceptors (Lipinski definition) is 2. The predicted molar refractivity (Wildman–Crippen MR) is 57.5 cm³/mol. The van der Waals surface area contributed by atoms with Gasteiger partial charge in [0.25, 0.3) is 0 Å². The van der Waals surface area contributed by atoms with Crippen molar-refractivity contribution in [1.82, 2.24) is 4.90 Å². The Labute approximate surface area is 86.0 Å². The fourth-order valence-electron chi connectivity index (χ4n) is 1.85. The van der Waals surface area contributed by atoms with E-state index in [-0.39, 0.29) is 11.8 Å². The third kappa shape index (κ3) is 2.50. The van der Waals surface area contributed by atoms with E-state index in [4.69, 9.17) is 5.73 Å². The Balaban J connectivity index is 2.56. The molecule has 1 atom stereocenters. The predicted octanol–water partition coefficient (Wildman–Crippen LogP) is 1.35. The standard InChI is InChI=1S/C11H20N2O/c1-8(2)11(14)13-6-4-5-10(7-13)9(3)12/h8,10H,3-7,12H2,1-2H3. The quantitative estimate of drug-likeness (QED) is 0.724. The molecular weight excluding hydrogens is 176 g/mol. The minimum absolute atomic E-state index is 0.0831. The molecule has 1 unspecified atom stereocenters. The van der Waals surface area contributed by atoms with E-state index in [9.17, 15) is 4.79 Å². The van der Waals surface area contributed by atoms with Crippen LogP contribution >= 0.6 is 0 Å². The first-order chi connectivity index (χ1) is 6.52. The largest absolute Gasteiger partial charge is 0.402 e. The summed E-state index contributed by atoms with van der Waals surface area (Å²) in [6, 6.07) is 0. The third-order valence-electron chi connectivity index (χ3n) is 2.75. The summed E-state index contributed by atoms with van der Waals surface area (Å²) in [5.41, 5.74) is 6.39. The molecule has 0 aromatic carbocycles. The monoisotopic (exact) mass is 196 g/mol. The highest BCUT2D eigenvalue weighted by molar-refractivity contribution is 5.78. The first-order valence-electron chi connectivity index (χ1n) is 5.25. The summed E-state index contributed by atoms with van der Waals surface area (Å²) >= 11 is 0. The number of likely N-dealkylation sites (tertiary alicyclic amines) is 1. The first kappa shape index (κ1) is 11.1. The Bertz CT molecular complexity index is 235. The fraction of sp³-hybridized carbons (Fsp3) is 0.727. The maximum atomic E-state index is 11.7. The van der Waals surface area contributed by atoms with Crippen molar-refractivity contribution in [2.24, 2.45) is 17.6 Å². The maximum Gasteiger partial charge on any atom is 0.225 e. The number of nitrogens with zero attached hydrogens (tertiary/aromatic N) is 1. The van der Waals surface area contributed by atoms with E-state index in [0.717, 1.165) is 25.9 Å². The SMILES string of the molecule is C=C(N)C1CCCN(C(=O)C(C)C)C1. The minimum Gasteiger partial charge on any atom is -0.402 e. The molecule has 0 bridgehead atoms. The normalized spacial score (nSPS) is 22.5. The van der Waals surface area contributed by atoms with Crippen LogP contribution in [0, 0.1) is 11.8 Å². The zero-order chi connectivity index (χ0) is 10.7. The van der Waals surface area contributed by atoms with E-state index >= 15 is 0 Å². The lowest BCUT2D eigenvalue weighted by atomic mass is 9.95. The second-order valence-corrected chi connectivity index (χ2v) is 4.35. The van der Waals surface area contributed by atoms with Crippen molar-refractivity contribution in [2.45, 2.75) is 26.7 Å². The lowest BCUT2D eigenvalue weighted by Gasteiger charge is -2.33. The zero-order valence-corrected chi connectivity index (χ0v) is 9.12. The number of piperidine rings is 1. The van der Waals surface area contributed by atoms with Crippen LogP contribution in [0.25, 0.3) is 0 Å². The number of rotatable bonds is 2. The van der Waals surface area contributed by atoms with Crippen LogP contribution in [0.3, 0.4) is 0 Å². The summed E-state index contributed by atoms with van der Waals surface area (Å²) in [6.07, 6.45) is 2.11. The average molecular weight is 196 g/mol. The van der Waals surface area contributed by atoms with E-state index in [1.165, 1.54) is 0 Å². The van der Waals surface area contributed by atoms with Crippen molar-refractivity contribution in [1.29, 1.82) is 0 Å². The molecule has 1 saturated heterocycles. The third-order valence-corrected chi connectivity index (χ3v) is 2.75. The van der Waals surface area contributed by atoms with E-state index < -0.39 is 0 Å². The summed E-state index contributed by atoms with van der Waals surface area (Å²) in [4.78, 5) is 13.6. The molecule has 1 aliphatic heterocycles. The maximum absolute atomic E-state index is 11.7. The summed E-state index contributed by atoms with van der Waals surface area (Å²) in [7, 11) is 0. The van der Waals surface area contributed by atoms with Crippen molar-refractivity contribution in [3.63, 3.8) is 0 Å². The second-order valence-electron chi connectivity index (χ2n) is 4.35. The van der Waals surface area contributed by atoms with E-state index in [0.29, 0.717) is 11.6 Å². The van der Waals surface area contributed by atoms with Gasteiger partial charge in [-0.2, -0.15) is 0 Å². The van der Waals surface area contributed by atoms with Gasteiger partial charge in [0.05, 0.1) is 0 Å². The van der Waals surface area contributed by atoms with Gasteiger partial charge in [0.1, 0.15) is 0 Å². The van der Waals surface area contributed by atoms with Crippen molar-refractivity contribution < 1.29 is 4.79 Å². The minimum atomic E-state index is 0.0831. The average Bonchev–Trinajstić information content (AvgIpc) is 2.16. The van der Waals surface area contributed by atoms with Crippen molar-refractivity contribution in [3.05, 3.63) is 12.3 Å². The summed E-state index contributed by atoms with van der Waals surface area (Å²) < 4.78 is 0. The van der Waals surface area contributed by atoms with Crippen LogP contribution in [0.4, 0.5) is 0 Å². The van der Waals surface area contributed by atoms with Gasteiger partial charge < -0.3 is 10.6 Å². The van der Waals surface area contributed by atoms with Gasteiger partial charge in [0, 0.05) is 30.6 Å². The van der Waals surface area contributed by atoms with Crippen LogP contribution < -0.4 is 5.73 Å². The smallest absolute Gasteiger partial charge is 0.225 e. The van der Waals surface area contributed by atoms with Gasteiger partial charge >= 0.3 is 0 Å². The molecule has 1 amide bonds. The number of amides is 1. The molecule has 2 N–H and O–H groups in total. The number of carbonyl (C=O) groups excluding carboxylic acids is 1. The van der Waals surface area contributed by atoms with Gasteiger partial charge in [0.15, 0.2) is 0 Å². The van der Waals surface area contributed by atoms with Gasteiger partial charge in [-0.3, -0.25) is 4.79 Å². The molecular formula is C11H20N2O. The highest BCUT2D eigenvalue weighted by Crippen LogP contribution is 2.21. The van der Waals surface area contributed by atoms with Crippen molar-refractivity contribution in [2.75, 3.05) is 13.1 Å². The van der Waals surface area contributed by atoms with E-state index in [1.807, 2.05) is 18.7 Å². The lowest BCUT2D eigenvalue weighted by molar-refractivity contribution is -0.136. The summed E-state index contributed by atoms with van der Waals surface area (Å²) in [6.45, 7) is 9.26. The molecule has 3 heteroatoms. The summed E-state index contributed by atoms with van der Waals surface area (Å²) in [5, 5.41) is 0. The van der Waals surface area contributed by atoms with Crippen LogP contribution in [0.5, 0.6) is 0 Å². The Hall–Kier alpha value is -0.990. The first-order valence-corrected chi connectivity index (χ1v) is 5.25. The zero-order valence-electron chi connectivity index (χ0n) is 9.12. The molecule has 0 spiro atoms. The second kappa shape index (κ2) is 4.49. The number of carbonyl (C=O) groups is 1. The van der Waals surface area contributed by atoms with Crippen molar-refractivity contribution in [3.8, 4) is 0 Å². The number of nitrogens with two attached hydrogens (primary N) is 1. The molecule has 3 nitrogen and oxygen atoms in total.